The lowest BCUT2D eigenvalue weighted by atomic mass is 9.77. The van der Waals surface area contributed by atoms with Crippen LogP contribution in [0.1, 0.15) is 66.7 Å². The molecular formula is C24H34N4O5. The second kappa shape index (κ2) is 7.95. The Kier molecular flexibility index (Phi) is 5.65. The van der Waals surface area contributed by atoms with E-state index in [-0.39, 0.29) is 66.2 Å². The summed E-state index contributed by atoms with van der Waals surface area (Å²) < 4.78 is 0. The molecule has 0 radical (unpaired) electrons. The Bertz CT molecular complexity index is 891. The third kappa shape index (κ3) is 4.06. The summed E-state index contributed by atoms with van der Waals surface area (Å²) in [6.45, 7) is 9.52. The van der Waals surface area contributed by atoms with Crippen molar-refractivity contribution in [1.29, 1.82) is 0 Å². The second-order valence-electron chi connectivity index (χ2n) is 11.2. The molecule has 2 saturated heterocycles. The fourth-order valence-corrected chi connectivity index (χ4v) is 6.95. The Morgan fingerprint density at radius 2 is 1.39 bits per heavy atom. The number of hydrazine groups is 1. The first-order valence-corrected chi connectivity index (χ1v) is 11.8. The molecule has 3 fully saturated rings. The monoisotopic (exact) mass is 458 g/mol. The molecule has 2 heterocycles. The van der Waals surface area contributed by atoms with E-state index in [0.29, 0.717) is 12.8 Å². The molecule has 2 aliphatic heterocycles. The summed E-state index contributed by atoms with van der Waals surface area (Å²) in [5, 5.41) is 3.86. The lowest BCUT2D eigenvalue weighted by Gasteiger charge is -2.55. The van der Waals surface area contributed by atoms with Crippen molar-refractivity contribution in [3.8, 4) is 0 Å². The number of amides is 5. The average Bonchev–Trinajstić information content (AvgIpc) is 3.34. The van der Waals surface area contributed by atoms with Gasteiger partial charge in [0.25, 0.3) is 11.8 Å². The van der Waals surface area contributed by atoms with Gasteiger partial charge in [-0.2, -0.15) is 5.01 Å². The van der Waals surface area contributed by atoms with Gasteiger partial charge in [-0.05, 0) is 58.8 Å². The van der Waals surface area contributed by atoms with Crippen LogP contribution in [0.25, 0.3) is 0 Å². The van der Waals surface area contributed by atoms with Crippen LogP contribution in [0.5, 0.6) is 0 Å². The number of carbonyl (C=O) groups excluding carboxylic acids is 5. The maximum absolute atomic E-state index is 12.7. The predicted molar refractivity (Wildman–Crippen MR) is 119 cm³/mol. The maximum Gasteiger partial charge on any atom is 0.252 e. The van der Waals surface area contributed by atoms with Crippen LogP contribution in [0, 0.1) is 23.7 Å². The van der Waals surface area contributed by atoms with Crippen LogP contribution in [0.4, 0.5) is 0 Å². The zero-order valence-electron chi connectivity index (χ0n) is 20.0. The molecule has 4 rings (SSSR count). The third-order valence-electron chi connectivity index (χ3n) is 7.67. The highest BCUT2D eigenvalue weighted by Gasteiger charge is 2.59. The molecule has 0 aromatic heterocycles. The topological polar surface area (TPSA) is 116 Å². The van der Waals surface area contributed by atoms with Crippen molar-refractivity contribution in [3.63, 3.8) is 0 Å². The van der Waals surface area contributed by atoms with E-state index in [0.717, 1.165) is 11.4 Å². The van der Waals surface area contributed by atoms with Gasteiger partial charge in [0.1, 0.15) is 0 Å². The molecule has 180 valence electrons. The number of imide groups is 1. The molecule has 9 nitrogen and oxygen atoms in total. The van der Waals surface area contributed by atoms with Gasteiger partial charge in [0.05, 0.1) is 11.8 Å². The minimum atomic E-state index is -0.529. The molecule has 5 amide bonds. The van der Waals surface area contributed by atoms with Gasteiger partial charge in [-0.25, -0.2) is 0 Å². The normalized spacial score (nSPS) is 31.7. The first kappa shape index (κ1) is 23.4. The van der Waals surface area contributed by atoms with E-state index < -0.39 is 17.0 Å². The summed E-state index contributed by atoms with van der Waals surface area (Å²) in [7, 11) is 0. The van der Waals surface area contributed by atoms with Gasteiger partial charge in [-0.1, -0.05) is 12.2 Å². The number of nitrogens with one attached hydrogen (secondary N) is 2. The molecule has 0 spiro atoms. The van der Waals surface area contributed by atoms with Crippen LogP contribution in [-0.4, -0.2) is 56.6 Å². The Hall–Kier alpha value is -2.71. The lowest BCUT2D eigenvalue weighted by molar-refractivity contribution is -0.149. The summed E-state index contributed by atoms with van der Waals surface area (Å²) in [4.78, 5) is 64.3. The van der Waals surface area contributed by atoms with E-state index in [2.05, 4.69) is 10.7 Å². The number of hydrogen-bond donors (Lipinski definition) is 2. The van der Waals surface area contributed by atoms with Gasteiger partial charge in [-0.3, -0.25) is 29.4 Å². The number of likely N-dealkylation sites (tertiary alicyclic amines) is 1. The van der Waals surface area contributed by atoms with E-state index in [1.807, 2.05) is 44.7 Å². The highest BCUT2D eigenvalue weighted by Crippen LogP contribution is 2.52. The molecule has 0 aromatic rings. The van der Waals surface area contributed by atoms with Gasteiger partial charge in [0.15, 0.2) is 0 Å². The molecule has 4 atom stereocenters. The van der Waals surface area contributed by atoms with Crippen molar-refractivity contribution in [1.82, 2.24) is 20.7 Å². The van der Waals surface area contributed by atoms with Crippen LogP contribution in [0.3, 0.4) is 0 Å². The van der Waals surface area contributed by atoms with Crippen molar-refractivity contribution in [3.05, 3.63) is 12.2 Å². The van der Waals surface area contributed by atoms with Crippen LogP contribution in [0.2, 0.25) is 0 Å². The van der Waals surface area contributed by atoms with Crippen LogP contribution >= 0.6 is 0 Å². The summed E-state index contributed by atoms with van der Waals surface area (Å²) >= 11 is 0. The Balaban J connectivity index is 1.27. The zero-order valence-corrected chi connectivity index (χ0v) is 20.0. The Labute approximate surface area is 194 Å². The van der Waals surface area contributed by atoms with Crippen molar-refractivity contribution in [2.24, 2.45) is 23.7 Å². The lowest BCUT2D eigenvalue weighted by Crippen LogP contribution is -2.65. The van der Waals surface area contributed by atoms with Gasteiger partial charge in [-0.15, -0.1) is 0 Å². The molecule has 2 N–H and O–H groups in total. The van der Waals surface area contributed by atoms with Crippen molar-refractivity contribution >= 4 is 29.5 Å². The largest absolute Gasteiger partial charge is 0.353 e. The summed E-state index contributed by atoms with van der Waals surface area (Å²) in [5.74, 6) is -2.07. The number of rotatable bonds is 5. The molecule has 0 aromatic carbocycles. The molecular weight excluding hydrogens is 424 g/mol. The fourth-order valence-electron chi connectivity index (χ4n) is 6.95. The average molecular weight is 459 g/mol. The third-order valence-corrected chi connectivity index (χ3v) is 7.67. The highest BCUT2D eigenvalue weighted by atomic mass is 16.2. The van der Waals surface area contributed by atoms with Crippen molar-refractivity contribution in [2.75, 3.05) is 0 Å². The summed E-state index contributed by atoms with van der Waals surface area (Å²) in [6, 6.07) is -0.120. The summed E-state index contributed by atoms with van der Waals surface area (Å²) in [6.07, 6.45) is 5.88. The minimum absolute atomic E-state index is 0.00498. The van der Waals surface area contributed by atoms with Gasteiger partial charge >= 0.3 is 0 Å². The summed E-state index contributed by atoms with van der Waals surface area (Å²) in [5.41, 5.74) is 1.60. The number of fused-ring (bicyclic) bond motifs is 5. The molecule has 1 saturated carbocycles. The van der Waals surface area contributed by atoms with Gasteiger partial charge < -0.3 is 10.2 Å². The fraction of sp³-hybridized carbons (Fsp3) is 0.708. The SMILES string of the molecule is CC(=O)N1C(C)(C)CC(NC(=O)CCC(=O)NN2C(=O)C3C4C=CC(C4)C3C2=O)CC1(C)C. The maximum atomic E-state index is 12.7. The van der Waals surface area contributed by atoms with Crippen LogP contribution in [0.15, 0.2) is 12.2 Å². The predicted octanol–water partition coefficient (Wildman–Crippen LogP) is 1.29. The Morgan fingerprint density at radius 1 is 0.909 bits per heavy atom. The second-order valence-corrected chi connectivity index (χ2v) is 11.2. The Morgan fingerprint density at radius 3 is 1.88 bits per heavy atom. The van der Waals surface area contributed by atoms with Crippen molar-refractivity contribution < 1.29 is 24.0 Å². The molecule has 33 heavy (non-hydrogen) atoms. The van der Waals surface area contributed by atoms with Gasteiger partial charge in [0.2, 0.25) is 17.7 Å². The standard InChI is InChI=1S/C24H34N4O5/c1-13(29)28-23(2,3)11-16(12-24(28,4)5)25-17(30)8-9-18(31)26-27-21(32)19-14-6-7-15(10-14)20(19)22(27)33/h6-7,14-16,19-20H,8-12H2,1-5H3,(H,25,30)(H,26,31). The number of piperidine rings is 1. The smallest absolute Gasteiger partial charge is 0.252 e. The number of allylic oxidation sites excluding steroid dienone is 2. The van der Waals surface area contributed by atoms with E-state index in [1.54, 1.807) is 6.92 Å². The first-order chi connectivity index (χ1) is 15.3. The van der Waals surface area contributed by atoms with Crippen LogP contribution < -0.4 is 10.7 Å². The molecule has 4 unspecified atom stereocenters. The van der Waals surface area contributed by atoms with Gasteiger partial charge in [0, 0.05) is 36.9 Å². The van der Waals surface area contributed by atoms with Crippen LogP contribution in [-0.2, 0) is 24.0 Å². The van der Waals surface area contributed by atoms with Crippen molar-refractivity contribution in [2.45, 2.75) is 83.8 Å². The zero-order chi connectivity index (χ0) is 24.3. The molecule has 2 bridgehead atoms. The van der Waals surface area contributed by atoms with E-state index in [1.165, 1.54) is 0 Å². The highest BCUT2D eigenvalue weighted by molar-refractivity contribution is 6.07. The number of nitrogens with zero attached hydrogens (tertiary/aromatic N) is 2. The van der Waals surface area contributed by atoms with E-state index >= 15 is 0 Å². The first-order valence-electron chi connectivity index (χ1n) is 11.8. The minimum Gasteiger partial charge on any atom is -0.353 e. The van der Waals surface area contributed by atoms with E-state index in [4.69, 9.17) is 0 Å². The number of carbonyl (C=O) groups is 5. The number of hydrogen-bond acceptors (Lipinski definition) is 5. The molecule has 9 heteroatoms. The molecule has 4 aliphatic rings. The van der Waals surface area contributed by atoms with E-state index in [9.17, 15) is 24.0 Å². The molecule has 2 aliphatic carbocycles. The quantitative estimate of drug-likeness (QED) is 0.476.